The molecule has 0 unspecified atom stereocenters. The summed E-state index contributed by atoms with van der Waals surface area (Å²) in [5.74, 6) is 1.91. The molecule has 0 aromatic heterocycles. The third-order valence-electron chi connectivity index (χ3n) is 4.29. The lowest BCUT2D eigenvalue weighted by atomic mass is 10.1. The third kappa shape index (κ3) is 7.96. The van der Waals surface area contributed by atoms with Gasteiger partial charge >= 0.3 is 0 Å². The molecule has 0 radical (unpaired) electrons. The lowest BCUT2D eigenvalue weighted by Crippen LogP contribution is -2.19. The normalized spacial score (nSPS) is 15.1. The number of aryl methyl sites for hydroxylation is 1. The Hall–Kier alpha value is -0.740. The summed E-state index contributed by atoms with van der Waals surface area (Å²) in [4.78, 5) is 8.58. The number of nitrogens with zero attached hydrogens (tertiary/aromatic N) is 2. The number of aliphatic imine (C=N–C) groups is 2. The standard InChI is InChI=1S/C11H12BrFN2S.C10H10BrClN2S/c1-7-4-8(10(13)9(12)5-7)6-15-11-14-2-3-16-11;11-9-2-1-8(12)5-7(9)6-14-10-13-3-4-15-10/h4-5H,2-3,6H2,1H3,(H,14,15);1-2,5H,3-4,6H2,(H,13,14). The Morgan fingerprint density at radius 3 is 2.13 bits per heavy atom. The first-order valence-corrected chi connectivity index (χ1v) is 13.6. The zero-order chi connectivity index (χ0) is 22.2. The molecule has 0 fully saturated rings. The smallest absolute Gasteiger partial charge is 0.156 e. The molecular weight excluding hydrogens is 587 g/mol. The number of benzene rings is 2. The van der Waals surface area contributed by atoms with Gasteiger partial charge in [0.15, 0.2) is 10.3 Å². The van der Waals surface area contributed by atoms with Crippen molar-refractivity contribution in [2.75, 3.05) is 24.6 Å². The van der Waals surface area contributed by atoms with Crippen LogP contribution in [0.3, 0.4) is 0 Å². The molecule has 4 rings (SSSR count). The molecule has 2 N–H and O–H groups in total. The van der Waals surface area contributed by atoms with Crippen LogP contribution in [-0.2, 0) is 13.1 Å². The highest BCUT2D eigenvalue weighted by Crippen LogP contribution is 2.22. The molecule has 0 saturated heterocycles. The molecule has 0 spiro atoms. The van der Waals surface area contributed by atoms with Crippen molar-refractivity contribution in [3.8, 4) is 0 Å². The highest BCUT2D eigenvalue weighted by atomic mass is 79.9. The van der Waals surface area contributed by atoms with E-state index in [1.807, 2.05) is 31.2 Å². The fourth-order valence-corrected chi connectivity index (χ4v) is 5.49. The summed E-state index contributed by atoms with van der Waals surface area (Å²) >= 11 is 16.1. The van der Waals surface area contributed by atoms with Crippen molar-refractivity contribution in [3.63, 3.8) is 0 Å². The van der Waals surface area contributed by atoms with Gasteiger partial charge in [0.2, 0.25) is 0 Å². The molecule has 2 aliphatic rings. The molecule has 0 aliphatic carbocycles. The van der Waals surface area contributed by atoms with Crippen LogP contribution >= 0.6 is 67.0 Å². The second-order valence-corrected chi connectivity index (χ2v) is 11.0. The van der Waals surface area contributed by atoms with E-state index in [1.165, 1.54) is 0 Å². The summed E-state index contributed by atoms with van der Waals surface area (Å²) in [6.07, 6.45) is 0. The van der Waals surface area contributed by atoms with E-state index in [0.29, 0.717) is 16.6 Å². The van der Waals surface area contributed by atoms with Gasteiger partial charge in [0.05, 0.1) is 17.6 Å². The molecule has 2 heterocycles. The average Bonchev–Trinajstić information content (AvgIpc) is 3.45. The third-order valence-corrected chi connectivity index (χ3v) is 7.74. The minimum absolute atomic E-state index is 0.193. The summed E-state index contributed by atoms with van der Waals surface area (Å²) in [5, 5.41) is 9.14. The number of hydrogen-bond acceptors (Lipinski definition) is 6. The van der Waals surface area contributed by atoms with Gasteiger partial charge in [0.1, 0.15) is 5.82 Å². The maximum absolute atomic E-state index is 13.7. The molecule has 0 saturated carbocycles. The minimum Gasteiger partial charge on any atom is -0.361 e. The van der Waals surface area contributed by atoms with Crippen LogP contribution in [0, 0.1) is 12.7 Å². The summed E-state index contributed by atoms with van der Waals surface area (Å²) in [6, 6.07) is 9.42. The van der Waals surface area contributed by atoms with E-state index in [0.717, 1.165) is 62.1 Å². The highest BCUT2D eigenvalue weighted by Gasteiger charge is 2.11. The van der Waals surface area contributed by atoms with Gasteiger partial charge in [-0.2, -0.15) is 0 Å². The van der Waals surface area contributed by atoms with E-state index in [2.05, 4.69) is 52.5 Å². The molecular formula is C21H22Br2ClFN4S2. The molecule has 0 amide bonds. The van der Waals surface area contributed by atoms with Crippen LogP contribution in [0.25, 0.3) is 0 Å². The molecule has 4 nitrogen and oxygen atoms in total. The van der Waals surface area contributed by atoms with Gasteiger partial charge in [-0.15, -0.1) is 0 Å². The molecule has 2 aromatic rings. The predicted octanol–water partition coefficient (Wildman–Crippen LogP) is 6.38. The van der Waals surface area contributed by atoms with Crippen molar-refractivity contribution in [1.82, 2.24) is 10.6 Å². The van der Waals surface area contributed by atoms with Crippen molar-refractivity contribution in [3.05, 3.63) is 66.8 Å². The van der Waals surface area contributed by atoms with E-state index in [4.69, 9.17) is 11.6 Å². The monoisotopic (exact) mass is 606 g/mol. The van der Waals surface area contributed by atoms with Crippen LogP contribution in [0.5, 0.6) is 0 Å². The van der Waals surface area contributed by atoms with Crippen molar-refractivity contribution >= 4 is 77.3 Å². The van der Waals surface area contributed by atoms with Crippen molar-refractivity contribution in [1.29, 1.82) is 0 Å². The van der Waals surface area contributed by atoms with Crippen LogP contribution in [-0.4, -0.2) is 34.9 Å². The minimum atomic E-state index is -0.193. The SMILES string of the molecule is Cc1cc(Br)c(F)c(CNC2=NCCS2)c1.Clc1ccc(Br)c(CNC2=NCCS2)c1. The van der Waals surface area contributed by atoms with Gasteiger partial charge in [-0.3, -0.25) is 9.98 Å². The Morgan fingerprint density at radius 1 is 0.935 bits per heavy atom. The van der Waals surface area contributed by atoms with Crippen molar-refractivity contribution in [2.45, 2.75) is 20.0 Å². The quantitative estimate of drug-likeness (QED) is 0.423. The fraction of sp³-hybridized carbons (Fsp3) is 0.333. The topological polar surface area (TPSA) is 48.8 Å². The molecule has 31 heavy (non-hydrogen) atoms. The van der Waals surface area contributed by atoms with Gasteiger partial charge in [-0.05, 0) is 58.2 Å². The lowest BCUT2D eigenvalue weighted by Gasteiger charge is -2.08. The van der Waals surface area contributed by atoms with Gasteiger partial charge in [0.25, 0.3) is 0 Å². The van der Waals surface area contributed by atoms with Crippen LogP contribution < -0.4 is 10.6 Å². The molecule has 0 atom stereocenters. The van der Waals surface area contributed by atoms with Gasteiger partial charge in [0, 0.05) is 39.7 Å². The Kier molecular flexibility index (Phi) is 10.0. The Morgan fingerprint density at radius 2 is 1.55 bits per heavy atom. The first kappa shape index (κ1) is 24.9. The van der Waals surface area contributed by atoms with Crippen LogP contribution in [0.15, 0.2) is 49.3 Å². The van der Waals surface area contributed by atoms with Gasteiger partial charge in [-0.1, -0.05) is 57.1 Å². The highest BCUT2D eigenvalue weighted by molar-refractivity contribution is 9.10. The summed E-state index contributed by atoms with van der Waals surface area (Å²) in [6.45, 7) is 4.97. The maximum atomic E-state index is 13.7. The molecule has 0 bridgehead atoms. The van der Waals surface area contributed by atoms with Crippen LogP contribution in [0.4, 0.5) is 4.39 Å². The van der Waals surface area contributed by atoms with E-state index in [-0.39, 0.29) is 5.82 Å². The van der Waals surface area contributed by atoms with Gasteiger partial charge in [-0.25, -0.2) is 4.39 Å². The molecule has 10 heteroatoms. The van der Waals surface area contributed by atoms with Crippen LogP contribution in [0.1, 0.15) is 16.7 Å². The van der Waals surface area contributed by atoms with Crippen molar-refractivity contribution in [2.24, 2.45) is 9.98 Å². The molecule has 166 valence electrons. The van der Waals surface area contributed by atoms with E-state index in [9.17, 15) is 4.39 Å². The number of thioether (sulfide) groups is 2. The number of hydrogen-bond donors (Lipinski definition) is 2. The Bertz CT molecular complexity index is 988. The summed E-state index contributed by atoms with van der Waals surface area (Å²) in [5.41, 5.74) is 2.87. The second kappa shape index (κ2) is 12.5. The molecule has 2 aromatic carbocycles. The first-order chi connectivity index (χ1) is 14.9. The Balaban J connectivity index is 0.000000176. The first-order valence-electron chi connectivity index (χ1n) is 9.63. The summed E-state index contributed by atoms with van der Waals surface area (Å²) < 4.78 is 15.3. The second-order valence-electron chi connectivity index (χ2n) is 6.73. The lowest BCUT2D eigenvalue weighted by molar-refractivity contribution is 0.599. The number of amidine groups is 2. The number of halogens is 4. The number of nitrogens with one attached hydrogen (secondary N) is 2. The zero-order valence-electron chi connectivity index (χ0n) is 16.9. The predicted molar refractivity (Wildman–Crippen MR) is 141 cm³/mol. The van der Waals surface area contributed by atoms with E-state index >= 15 is 0 Å². The number of rotatable bonds is 4. The fourth-order valence-electron chi connectivity index (χ4n) is 2.83. The largest absolute Gasteiger partial charge is 0.361 e. The van der Waals surface area contributed by atoms with E-state index in [1.54, 1.807) is 29.6 Å². The maximum Gasteiger partial charge on any atom is 0.156 e. The van der Waals surface area contributed by atoms with Crippen molar-refractivity contribution < 1.29 is 4.39 Å². The van der Waals surface area contributed by atoms with Gasteiger partial charge < -0.3 is 10.6 Å². The Labute approximate surface area is 212 Å². The zero-order valence-corrected chi connectivity index (χ0v) is 22.4. The van der Waals surface area contributed by atoms with E-state index < -0.39 is 0 Å². The molecule has 2 aliphatic heterocycles. The average molecular weight is 609 g/mol. The summed E-state index contributed by atoms with van der Waals surface area (Å²) in [7, 11) is 0. The van der Waals surface area contributed by atoms with Crippen LogP contribution in [0.2, 0.25) is 5.02 Å².